The lowest BCUT2D eigenvalue weighted by molar-refractivity contribution is -0.114. The Bertz CT molecular complexity index is 941. The highest BCUT2D eigenvalue weighted by molar-refractivity contribution is 5.97. The molecule has 0 aliphatic rings. The van der Waals surface area contributed by atoms with E-state index in [2.05, 4.69) is 16.8 Å². The lowest BCUT2D eigenvalue weighted by Crippen LogP contribution is -2.13. The van der Waals surface area contributed by atoms with Gasteiger partial charge in [0.2, 0.25) is 5.91 Å². The van der Waals surface area contributed by atoms with Crippen molar-refractivity contribution in [2.75, 3.05) is 5.32 Å². The van der Waals surface area contributed by atoms with E-state index in [1.54, 1.807) is 12.1 Å². The molecule has 1 heterocycles. The maximum absolute atomic E-state index is 12.7. The number of hydrogen-bond acceptors (Lipinski definition) is 2. The first-order chi connectivity index (χ1) is 11.1. The number of carbonyl (C=O) groups is 1. The molecule has 4 heteroatoms. The second-order valence-electron chi connectivity index (χ2n) is 5.76. The third-order valence-electron chi connectivity index (χ3n) is 4.03. The van der Waals surface area contributed by atoms with E-state index in [1.165, 1.54) is 6.92 Å². The van der Waals surface area contributed by atoms with Gasteiger partial charge in [0, 0.05) is 29.9 Å². The van der Waals surface area contributed by atoms with Crippen molar-refractivity contribution < 1.29 is 4.79 Å². The van der Waals surface area contributed by atoms with E-state index < -0.39 is 0 Å². The number of amides is 1. The topological polar surface area (TPSA) is 51.1 Å². The fourth-order valence-corrected chi connectivity index (χ4v) is 2.96. The molecule has 0 unspecified atom stereocenters. The standard InChI is InChI=1S/C19H20N2O2/c1-3-4-11-21-17-8-6-5-7-15(17)19(23)16-10-9-14(12-18(16)21)20-13(2)22/h5-10,12H,3-4,11H2,1-2H3,(H,20,22). The Hall–Kier alpha value is -2.62. The van der Waals surface area contributed by atoms with Crippen LogP contribution in [0.15, 0.2) is 47.3 Å². The van der Waals surface area contributed by atoms with Gasteiger partial charge < -0.3 is 9.88 Å². The SMILES string of the molecule is CCCCn1c2ccccc2c(=O)c2ccc(NC(C)=O)cc21. The number of nitrogens with zero attached hydrogens (tertiary/aromatic N) is 1. The van der Waals surface area contributed by atoms with Gasteiger partial charge in [-0.05, 0) is 36.8 Å². The van der Waals surface area contributed by atoms with E-state index in [-0.39, 0.29) is 11.3 Å². The molecular weight excluding hydrogens is 288 g/mol. The number of benzene rings is 2. The Kier molecular flexibility index (Phi) is 4.15. The minimum atomic E-state index is -0.118. The zero-order chi connectivity index (χ0) is 16.4. The smallest absolute Gasteiger partial charge is 0.221 e. The van der Waals surface area contributed by atoms with Crippen molar-refractivity contribution in [1.82, 2.24) is 4.57 Å². The molecule has 0 aliphatic heterocycles. The van der Waals surface area contributed by atoms with Gasteiger partial charge in [0.1, 0.15) is 0 Å². The maximum atomic E-state index is 12.7. The van der Waals surface area contributed by atoms with Gasteiger partial charge in [-0.1, -0.05) is 25.5 Å². The molecule has 0 spiro atoms. The number of anilines is 1. The van der Waals surface area contributed by atoms with E-state index in [4.69, 9.17) is 0 Å². The Balaban J connectivity index is 2.35. The zero-order valence-electron chi connectivity index (χ0n) is 13.4. The molecule has 23 heavy (non-hydrogen) atoms. The minimum absolute atomic E-state index is 0.0396. The molecule has 1 aromatic heterocycles. The minimum Gasteiger partial charge on any atom is -0.340 e. The summed E-state index contributed by atoms with van der Waals surface area (Å²) in [7, 11) is 0. The molecule has 0 fully saturated rings. The number of nitrogens with one attached hydrogen (secondary N) is 1. The lowest BCUT2D eigenvalue weighted by Gasteiger charge is -2.16. The molecule has 0 saturated carbocycles. The molecule has 0 atom stereocenters. The number of aryl methyl sites for hydroxylation is 1. The maximum Gasteiger partial charge on any atom is 0.221 e. The average molecular weight is 308 g/mol. The van der Waals surface area contributed by atoms with Crippen LogP contribution in [-0.4, -0.2) is 10.5 Å². The van der Waals surface area contributed by atoms with Gasteiger partial charge >= 0.3 is 0 Å². The Labute approximate surface area is 134 Å². The van der Waals surface area contributed by atoms with E-state index in [0.29, 0.717) is 11.1 Å². The summed E-state index contributed by atoms with van der Waals surface area (Å²) in [6.45, 7) is 4.47. The van der Waals surface area contributed by atoms with Crippen LogP contribution in [0.1, 0.15) is 26.7 Å². The predicted molar refractivity (Wildman–Crippen MR) is 94.9 cm³/mol. The van der Waals surface area contributed by atoms with Crippen molar-refractivity contribution >= 4 is 33.4 Å². The van der Waals surface area contributed by atoms with Crippen molar-refractivity contribution in [3.63, 3.8) is 0 Å². The van der Waals surface area contributed by atoms with Crippen molar-refractivity contribution in [3.8, 4) is 0 Å². The number of hydrogen-bond donors (Lipinski definition) is 1. The molecule has 118 valence electrons. The van der Waals surface area contributed by atoms with Crippen LogP contribution in [0.4, 0.5) is 5.69 Å². The van der Waals surface area contributed by atoms with Crippen LogP contribution in [0.3, 0.4) is 0 Å². The van der Waals surface area contributed by atoms with Crippen LogP contribution in [0.25, 0.3) is 21.8 Å². The molecule has 0 saturated heterocycles. The second kappa shape index (κ2) is 6.24. The first-order valence-corrected chi connectivity index (χ1v) is 7.94. The van der Waals surface area contributed by atoms with E-state index in [1.807, 2.05) is 30.3 Å². The summed E-state index contributed by atoms with van der Waals surface area (Å²) in [5.41, 5.74) is 2.56. The van der Waals surface area contributed by atoms with E-state index in [0.717, 1.165) is 35.8 Å². The van der Waals surface area contributed by atoms with Crippen molar-refractivity contribution in [2.24, 2.45) is 0 Å². The monoisotopic (exact) mass is 308 g/mol. The van der Waals surface area contributed by atoms with Crippen molar-refractivity contribution in [1.29, 1.82) is 0 Å². The van der Waals surface area contributed by atoms with Gasteiger partial charge in [-0.15, -0.1) is 0 Å². The molecule has 1 N–H and O–H groups in total. The van der Waals surface area contributed by atoms with Gasteiger partial charge in [0.15, 0.2) is 5.43 Å². The van der Waals surface area contributed by atoms with Crippen LogP contribution < -0.4 is 10.7 Å². The molecule has 0 aliphatic carbocycles. The summed E-state index contributed by atoms with van der Waals surface area (Å²) in [6.07, 6.45) is 2.11. The van der Waals surface area contributed by atoms with Gasteiger partial charge in [0.05, 0.1) is 11.0 Å². The Morgan fingerprint density at radius 1 is 1.09 bits per heavy atom. The van der Waals surface area contributed by atoms with Crippen LogP contribution in [0, 0.1) is 0 Å². The number of para-hydroxylation sites is 1. The van der Waals surface area contributed by atoms with Gasteiger partial charge in [-0.25, -0.2) is 0 Å². The molecular formula is C19H20N2O2. The quantitative estimate of drug-likeness (QED) is 0.743. The van der Waals surface area contributed by atoms with Gasteiger partial charge in [-0.2, -0.15) is 0 Å². The third kappa shape index (κ3) is 2.84. The van der Waals surface area contributed by atoms with Gasteiger partial charge in [-0.3, -0.25) is 9.59 Å². The molecule has 3 rings (SSSR count). The zero-order valence-corrected chi connectivity index (χ0v) is 13.4. The average Bonchev–Trinajstić information content (AvgIpc) is 2.54. The number of aromatic nitrogens is 1. The predicted octanol–water partition coefficient (Wildman–Crippen LogP) is 3.91. The third-order valence-corrected chi connectivity index (χ3v) is 4.03. The largest absolute Gasteiger partial charge is 0.340 e. The molecule has 4 nitrogen and oxygen atoms in total. The second-order valence-corrected chi connectivity index (χ2v) is 5.76. The fraction of sp³-hybridized carbons (Fsp3) is 0.263. The summed E-state index contributed by atoms with van der Waals surface area (Å²) in [4.78, 5) is 24.1. The number of fused-ring (bicyclic) bond motifs is 2. The van der Waals surface area contributed by atoms with Crippen molar-refractivity contribution in [3.05, 3.63) is 52.7 Å². The number of rotatable bonds is 4. The number of pyridine rings is 1. The molecule has 1 amide bonds. The highest BCUT2D eigenvalue weighted by atomic mass is 16.1. The van der Waals surface area contributed by atoms with Crippen LogP contribution in [0.5, 0.6) is 0 Å². The molecule has 2 aromatic carbocycles. The Morgan fingerprint density at radius 2 is 1.83 bits per heavy atom. The molecule has 0 radical (unpaired) electrons. The van der Waals surface area contributed by atoms with Crippen LogP contribution >= 0.6 is 0 Å². The summed E-state index contributed by atoms with van der Waals surface area (Å²) in [5.74, 6) is -0.118. The van der Waals surface area contributed by atoms with Gasteiger partial charge in [0.25, 0.3) is 0 Å². The highest BCUT2D eigenvalue weighted by Crippen LogP contribution is 2.23. The molecule has 3 aromatic rings. The summed E-state index contributed by atoms with van der Waals surface area (Å²) >= 11 is 0. The van der Waals surface area contributed by atoms with E-state index in [9.17, 15) is 9.59 Å². The fourth-order valence-electron chi connectivity index (χ4n) is 2.96. The first-order valence-electron chi connectivity index (χ1n) is 7.94. The number of carbonyl (C=O) groups excluding carboxylic acids is 1. The first kappa shape index (κ1) is 15.3. The Morgan fingerprint density at radius 3 is 2.57 bits per heavy atom. The normalized spacial score (nSPS) is 11.0. The van der Waals surface area contributed by atoms with Crippen molar-refractivity contribution in [2.45, 2.75) is 33.2 Å². The van der Waals surface area contributed by atoms with Crippen LogP contribution in [0.2, 0.25) is 0 Å². The summed E-state index contributed by atoms with van der Waals surface area (Å²) in [5, 5.41) is 4.22. The summed E-state index contributed by atoms with van der Waals surface area (Å²) < 4.78 is 2.18. The van der Waals surface area contributed by atoms with E-state index >= 15 is 0 Å². The van der Waals surface area contributed by atoms with Crippen LogP contribution in [-0.2, 0) is 11.3 Å². The molecule has 0 bridgehead atoms. The lowest BCUT2D eigenvalue weighted by atomic mass is 10.1. The summed E-state index contributed by atoms with van der Waals surface area (Å²) in [6, 6.07) is 13.2. The number of unbranched alkanes of at least 4 members (excludes halogenated alkanes) is 1. The highest BCUT2D eigenvalue weighted by Gasteiger charge is 2.11.